The van der Waals surface area contributed by atoms with Crippen LogP contribution in [0, 0.1) is 5.92 Å². The molecule has 0 aliphatic carbocycles. The molecule has 1 N–H and O–H groups in total. The summed E-state index contributed by atoms with van der Waals surface area (Å²) in [6.45, 7) is 4.72. The van der Waals surface area contributed by atoms with Gasteiger partial charge in [-0.25, -0.2) is 9.59 Å². The Bertz CT molecular complexity index is 844. The van der Waals surface area contributed by atoms with E-state index in [4.69, 9.17) is 14.3 Å². The Morgan fingerprint density at radius 2 is 1.68 bits per heavy atom. The van der Waals surface area contributed by atoms with Crippen LogP contribution in [0.1, 0.15) is 31.4 Å². The lowest BCUT2D eigenvalue weighted by molar-refractivity contribution is -0.193. The van der Waals surface area contributed by atoms with Gasteiger partial charge in [-0.2, -0.15) is 5.06 Å². The average molecular weight is 427 g/mol. The first-order valence-corrected chi connectivity index (χ1v) is 10.5. The fraction of sp³-hybridized carbons (Fsp3) is 0.417. The van der Waals surface area contributed by atoms with Crippen molar-refractivity contribution in [1.29, 1.82) is 0 Å². The van der Waals surface area contributed by atoms with Crippen LogP contribution in [0.4, 0.5) is 4.79 Å². The summed E-state index contributed by atoms with van der Waals surface area (Å²) in [5, 5.41) is 4.76. The number of ether oxygens (including phenoxy) is 2. The minimum Gasteiger partial charge on any atom is -0.467 e. The van der Waals surface area contributed by atoms with E-state index in [-0.39, 0.29) is 24.6 Å². The quantitative estimate of drug-likeness (QED) is 0.649. The van der Waals surface area contributed by atoms with E-state index in [1.165, 1.54) is 7.11 Å². The number of hydrogen-bond acceptors (Lipinski definition) is 6. The second kappa shape index (κ2) is 10.9. The molecule has 3 atom stereocenters. The molecular weight excluding hydrogens is 396 g/mol. The monoisotopic (exact) mass is 426 g/mol. The fourth-order valence-electron chi connectivity index (χ4n) is 3.74. The highest BCUT2D eigenvalue weighted by atomic mass is 16.7. The molecule has 2 aromatic rings. The molecule has 1 fully saturated rings. The summed E-state index contributed by atoms with van der Waals surface area (Å²) >= 11 is 0. The lowest BCUT2D eigenvalue weighted by atomic mass is 9.92. The molecular formula is C24H30N2O5. The number of carbonyl (C=O) groups is 2. The van der Waals surface area contributed by atoms with Gasteiger partial charge in [0.15, 0.2) is 6.10 Å². The Labute approximate surface area is 183 Å². The number of alkyl carbamates (subject to hydrolysis) is 1. The highest BCUT2D eigenvalue weighted by molar-refractivity contribution is 5.75. The van der Waals surface area contributed by atoms with Crippen molar-refractivity contribution < 1.29 is 23.9 Å². The average Bonchev–Trinajstić information content (AvgIpc) is 3.20. The van der Waals surface area contributed by atoms with Crippen molar-refractivity contribution in [1.82, 2.24) is 10.4 Å². The lowest BCUT2D eigenvalue weighted by Gasteiger charge is -2.32. The first-order chi connectivity index (χ1) is 15.0. The van der Waals surface area contributed by atoms with Gasteiger partial charge in [-0.15, -0.1) is 0 Å². The smallest absolute Gasteiger partial charge is 0.407 e. The minimum absolute atomic E-state index is 0.0903. The number of nitrogens with one attached hydrogen (secondary N) is 1. The summed E-state index contributed by atoms with van der Waals surface area (Å²) in [4.78, 5) is 30.6. The molecule has 1 heterocycles. The third kappa shape index (κ3) is 6.29. The topological polar surface area (TPSA) is 77.1 Å². The molecule has 0 spiro atoms. The Balaban J connectivity index is 1.70. The van der Waals surface area contributed by atoms with E-state index in [0.717, 1.165) is 11.1 Å². The highest BCUT2D eigenvalue weighted by Gasteiger charge is 2.43. The number of amides is 1. The molecule has 0 aromatic heterocycles. The van der Waals surface area contributed by atoms with Crippen molar-refractivity contribution in [2.24, 2.45) is 5.92 Å². The van der Waals surface area contributed by atoms with Gasteiger partial charge in [-0.3, -0.25) is 4.84 Å². The molecule has 0 saturated carbocycles. The van der Waals surface area contributed by atoms with Gasteiger partial charge in [0.05, 0.1) is 19.2 Å². The number of esters is 1. The van der Waals surface area contributed by atoms with Gasteiger partial charge in [0.25, 0.3) is 0 Å². The molecule has 0 radical (unpaired) electrons. The van der Waals surface area contributed by atoms with Gasteiger partial charge < -0.3 is 14.8 Å². The van der Waals surface area contributed by atoms with Gasteiger partial charge in [0.2, 0.25) is 0 Å². The summed E-state index contributed by atoms with van der Waals surface area (Å²) in [6, 6.07) is 18.9. The molecule has 3 rings (SSSR count). The predicted molar refractivity (Wildman–Crippen MR) is 116 cm³/mol. The summed E-state index contributed by atoms with van der Waals surface area (Å²) in [6.07, 6.45) is -0.785. The summed E-state index contributed by atoms with van der Waals surface area (Å²) in [5.74, 6) is -0.331. The van der Waals surface area contributed by atoms with Crippen LogP contribution in [0.5, 0.6) is 0 Å². The number of carbonyl (C=O) groups excluding carboxylic acids is 2. The zero-order chi connectivity index (χ0) is 22.2. The van der Waals surface area contributed by atoms with Crippen LogP contribution in [0.2, 0.25) is 0 Å². The van der Waals surface area contributed by atoms with E-state index in [1.807, 2.05) is 74.5 Å². The Morgan fingerprint density at radius 3 is 2.26 bits per heavy atom. The van der Waals surface area contributed by atoms with Crippen LogP contribution < -0.4 is 5.32 Å². The third-order valence-electron chi connectivity index (χ3n) is 5.36. The lowest BCUT2D eigenvalue weighted by Crippen LogP contribution is -2.51. The first kappa shape index (κ1) is 22.8. The van der Waals surface area contributed by atoms with E-state index in [1.54, 1.807) is 5.06 Å². The molecule has 7 heteroatoms. The SMILES string of the molecule is COC(=O)C1CC(C(NC(=O)OCc2ccccc2)C(C)C)N(Cc2ccccc2)O1. The van der Waals surface area contributed by atoms with E-state index in [2.05, 4.69) is 5.32 Å². The maximum atomic E-state index is 12.5. The summed E-state index contributed by atoms with van der Waals surface area (Å²) in [5.41, 5.74) is 1.96. The Kier molecular flexibility index (Phi) is 8.03. The second-order valence-electron chi connectivity index (χ2n) is 7.96. The first-order valence-electron chi connectivity index (χ1n) is 10.5. The second-order valence-corrected chi connectivity index (χ2v) is 7.96. The molecule has 3 unspecified atom stereocenters. The van der Waals surface area contributed by atoms with Crippen molar-refractivity contribution in [3.8, 4) is 0 Å². The van der Waals surface area contributed by atoms with E-state index in [9.17, 15) is 9.59 Å². The van der Waals surface area contributed by atoms with E-state index >= 15 is 0 Å². The van der Waals surface area contributed by atoms with Crippen LogP contribution in [0.25, 0.3) is 0 Å². The number of benzene rings is 2. The minimum atomic E-state index is -0.706. The van der Waals surface area contributed by atoms with Crippen molar-refractivity contribution in [2.45, 2.75) is 51.6 Å². The van der Waals surface area contributed by atoms with E-state index < -0.39 is 18.2 Å². The number of hydrogen-bond donors (Lipinski definition) is 1. The molecule has 2 aromatic carbocycles. The summed E-state index contributed by atoms with van der Waals surface area (Å²) in [7, 11) is 1.35. The van der Waals surface area contributed by atoms with Crippen LogP contribution in [0.3, 0.4) is 0 Å². The van der Waals surface area contributed by atoms with Gasteiger partial charge in [0.1, 0.15) is 6.61 Å². The molecule has 1 saturated heterocycles. The zero-order valence-corrected chi connectivity index (χ0v) is 18.2. The highest BCUT2D eigenvalue weighted by Crippen LogP contribution is 2.29. The van der Waals surface area contributed by atoms with Crippen LogP contribution in [-0.2, 0) is 32.3 Å². The maximum Gasteiger partial charge on any atom is 0.407 e. The largest absolute Gasteiger partial charge is 0.467 e. The number of rotatable bonds is 8. The standard InChI is InChI=1S/C24H30N2O5/c1-17(2)22(25-24(28)30-16-19-12-8-5-9-13-19)20-14-21(23(27)29-3)31-26(20)15-18-10-6-4-7-11-18/h4-13,17,20-22H,14-16H2,1-3H3,(H,25,28). The Morgan fingerprint density at radius 1 is 1.06 bits per heavy atom. The van der Waals surface area contributed by atoms with Gasteiger partial charge in [0, 0.05) is 13.0 Å². The number of hydroxylamine groups is 2. The van der Waals surface area contributed by atoms with Crippen molar-refractivity contribution in [2.75, 3.05) is 7.11 Å². The third-order valence-corrected chi connectivity index (χ3v) is 5.36. The molecule has 31 heavy (non-hydrogen) atoms. The molecule has 1 aliphatic heterocycles. The van der Waals surface area contributed by atoms with Gasteiger partial charge >= 0.3 is 12.1 Å². The zero-order valence-electron chi connectivity index (χ0n) is 18.2. The van der Waals surface area contributed by atoms with Gasteiger partial charge in [-0.05, 0) is 17.0 Å². The van der Waals surface area contributed by atoms with E-state index in [0.29, 0.717) is 13.0 Å². The number of methoxy groups -OCH3 is 1. The predicted octanol–water partition coefficient (Wildman–Crippen LogP) is 3.69. The molecule has 166 valence electrons. The van der Waals surface area contributed by atoms with Crippen molar-refractivity contribution in [3.05, 3.63) is 71.8 Å². The molecule has 1 amide bonds. The normalized spacial score (nSPS) is 19.7. The molecule has 0 bridgehead atoms. The van der Waals surface area contributed by atoms with Gasteiger partial charge in [-0.1, -0.05) is 74.5 Å². The van der Waals surface area contributed by atoms with Crippen LogP contribution in [-0.4, -0.2) is 42.4 Å². The van der Waals surface area contributed by atoms with Crippen molar-refractivity contribution >= 4 is 12.1 Å². The van der Waals surface area contributed by atoms with Crippen molar-refractivity contribution in [3.63, 3.8) is 0 Å². The summed E-state index contributed by atoms with van der Waals surface area (Å²) < 4.78 is 10.3. The molecule has 1 aliphatic rings. The van der Waals surface area contributed by atoms with Crippen LogP contribution >= 0.6 is 0 Å². The maximum absolute atomic E-state index is 12.5. The number of nitrogens with zero attached hydrogens (tertiary/aromatic N) is 1. The van der Waals surface area contributed by atoms with Crippen LogP contribution in [0.15, 0.2) is 60.7 Å². The molecule has 7 nitrogen and oxygen atoms in total. The Hall–Kier alpha value is -2.90. The fourth-order valence-corrected chi connectivity index (χ4v) is 3.74.